The van der Waals surface area contributed by atoms with Crippen LogP contribution in [-0.2, 0) is 29.3 Å². The van der Waals surface area contributed by atoms with E-state index in [9.17, 15) is 8.42 Å². The predicted molar refractivity (Wildman–Crippen MR) is 102 cm³/mol. The normalized spacial score (nSPS) is 14.4. The van der Waals surface area contributed by atoms with E-state index in [1.54, 1.807) is 12.1 Å². The molecule has 1 aliphatic rings. The van der Waals surface area contributed by atoms with Crippen molar-refractivity contribution in [1.29, 1.82) is 0 Å². The number of aryl methyl sites for hydroxylation is 3. The lowest BCUT2D eigenvalue weighted by Crippen LogP contribution is -2.12. The van der Waals surface area contributed by atoms with Gasteiger partial charge in [0.05, 0.1) is 4.90 Å². The fraction of sp³-hybridized carbons (Fsp3) is 0.300. The highest BCUT2D eigenvalue weighted by Crippen LogP contribution is 2.31. The molecular formula is C20H22N2O2S. The number of anilines is 1. The van der Waals surface area contributed by atoms with Gasteiger partial charge >= 0.3 is 0 Å². The molecule has 0 unspecified atom stereocenters. The first-order valence-electron chi connectivity index (χ1n) is 8.82. The van der Waals surface area contributed by atoms with Gasteiger partial charge in [0.25, 0.3) is 10.0 Å². The molecule has 4 nitrogen and oxygen atoms in total. The van der Waals surface area contributed by atoms with Crippen molar-refractivity contribution >= 4 is 26.6 Å². The lowest BCUT2D eigenvalue weighted by molar-refractivity contribution is 0.601. The minimum atomic E-state index is -3.59. The van der Waals surface area contributed by atoms with Crippen molar-refractivity contribution < 1.29 is 8.42 Å². The van der Waals surface area contributed by atoms with Gasteiger partial charge in [0.15, 0.2) is 0 Å². The van der Waals surface area contributed by atoms with Gasteiger partial charge in [-0.1, -0.05) is 19.1 Å². The van der Waals surface area contributed by atoms with E-state index < -0.39 is 10.0 Å². The summed E-state index contributed by atoms with van der Waals surface area (Å²) in [5.41, 5.74) is 5.35. The van der Waals surface area contributed by atoms with Gasteiger partial charge in [-0.25, -0.2) is 8.42 Å². The highest BCUT2D eigenvalue weighted by atomic mass is 32.2. The number of aromatic amines is 1. The number of fused-ring (bicyclic) bond motifs is 3. The van der Waals surface area contributed by atoms with E-state index in [0.717, 1.165) is 30.2 Å². The Bertz CT molecular complexity index is 1020. The molecule has 1 heterocycles. The Labute approximate surface area is 148 Å². The van der Waals surface area contributed by atoms with Gasteiger partial charge in [0.2, 0.25) is 0 Å². The largest absolute Gasteiger partial charge is 0.358 e. The first-order valence-corrected chi connectivity index (χ1v) is 10.3. The molecule has 0 saturated heterocycles. The monoisotopic (exact) mass is 354 g/mol. The van der Waals surface area contributed by atoms with Crippen molar-refractivity contribution in [3.63, 3.8) is 0 Å². The first kappa shape index (κ1) is 16.2. The fourth-order valence-electron chi connectivity index (χ4n) is 3.57. The first-order chi connectivity index (χ1) is 12.1. The third-order valence-corrected chi connectivity index (χ3v) is 6.37. The molecule has 0 fully saturated rings. The number of aromatic nitrogens is 1. The van der Waals surface area contributed by atoms with Crippen LogP contribution in [0.1, 0.15) is 36.6 Å². The van der Waals surface area contributed by atoms with Crippen LogP contribution in [0.4, 0.5) is 5.69 Å². The van der Waals surface area contributed by atoms with Crippen LogP contribution in [-0.4, -0.2) is 13.4 Å². The number of hydrogen-bond donors (Lipinski definition) is 2. The molecule has 0 bridgehead atoms. The van der Waals surface area contributed by atoms with Crippen LogP contribution < -0.4 is 4.72 Å². The lowest BCUT2D eigenvalue weighted by Gasteiger charge is -2.11. The van der Waals surface area contributed by atoms with Crippen molar-refractivity contribution in [2.75, 3.05) is 4.72 Å². The molecule has 4 rings (SSSR count). The van der Waals surface area contributed by atoms with Crippen molar-refractivity contribution in [3.05, 3.63) is 59.3 Å². The zero-order valence-electron chi connectivity index (χ0n) is 14.3. The number of sulfonamides is 1. The second-order valence-corrected chi connectivity index (χ2v) is 8.33. The summed E-state index contributed by atoms with van der Waals surface area (Å²) in [7, 11) is -3.59. The third-order valence-electron chi connectivity index (χ3n) is 4.99. The maximum atomic E-state index is 12.8. The Hall–Kier alpha value is -2.27. The Kier molecular flexibility index (Phi) is 4.04. The van der Waals surface area contributed by atoms with Crippen molar-refractivity contribution in [1.82, 2.24) is 4.98 Å². The predicted octanol–water partition coefficient (Wildman–Crippen LogP) is 4.41. The van der Waals surface area contributed by atoms with Crippen LogP contribution in [0.3, 0.4) is 0 Å². The minimum Gasteiger partial charge on any atom is -0.358 e. The summed E-state index contributed by atoms with van der Waals surface area (Å²) in [6.45, 7) is 2.08. The second-order valence-electron chi connectivity index (χ2n) is 6.65. The molecule has 3 aromatic rings. The van der Waals surface area contributed by atoms with Crippen LogP contribution >= 0.6 is 0 Å². The molecule has 5 heteroatoms. The molecule has 0 aliphatic heterocycles. The Morgan fingerprint density at radius 3 is 2.56 bits per heavy atom. The maximum absolute atomic E-state index is 12.8. The topological polar surface area (TPSA) is 62.0 Å². The zero-order valence-corrected chi connectivity index (χ0v) is 15.1. The van der Waals surface area contributed by atoms with Crippen LogP contribution in [0.15, 0.2) is 47.4 Å². The number of H-pyrrole nitrogens is 1. The summed E-state index contributed by atoms with van der Waals surface area (Å²) in [5, 5.41) is 1.04. The van der Waals surface area contributed by atoms with Gasteiger partial charge in [-0.05, 0) is 73.6 Å². The van der Waals surface area contributed by atoms with E-state index in [1.807, 2.05) is 30.3 Å². The van der Waals surface area contributed by atoms with Crippen molar-refractivity contribution in [3.8, 4) is 0 Å². The lowest BCUT2D eigenvalue weighted by atomic mass is 9.96. The number of benzene rings is 2. The van der Waals surface area contributed by atoms with Crippen LogP contribution in [0.2, 0.25) is 0 Å². The summed E-state index contributed by atoms with van der Waals surface area (Å²) in [6.07, 6.45) is 5.36. The van der Waals surface area contributed by atoms with E-state index in [0.29, 0.717) is 10.6 Å². The highest BCUT2D eigenvalue weighted by molar-refractivity contribution is 7.92. The summed E-state index contributed by atoms with van der Waals surface area (Å²) in [4.78, 5) is 3.75. The van der Waals surface area contributed by atoms with E-state index in [2.05, 4.69) is 16.6 Å². The number of hydrogen-bond acceptors (Lipinski definition) is 2. The van der Waals surface area contributed by atoms with Crippen LogP contribution in [0, 0.1) is 0 Å². The van der Waals surface area contributed by atoms with Crippen LogP contribution in [0.5, 0.6) is 0 Å². The molecular weight excluding hydrogens is 332 g/mol. The molecule has 130 valence electrons. The van der Waals surface area contributed by atoms with Crippen LogP contribution in [0.25, 0.3) is 10.9 Å². The molecule has 0 spiro atoms. The molecule has 1 aromatic heterocycles. The number of nitrogens with one attached hydrogen (secondary N) is 2. The molecule has 0 amide bonds. The Morgan fingerprint density at radius 1 is 1.04 bits per heavy atom. The summed E-state index contributed by atoms with van der Waals surface area (Å²) in [5.74, 6) is 0. The van der Waals surface area contributed by atoms with Crippen molar-refractivity contribution in [2.45, 2.75) is 43.9 Å². The van der Waals surface area contributed by atoms with E-state index >= 15 is 0 Å². The second kappa shape index (κ2) is 6.23. The molecule has 25 heavy (non-hydrogen) atoms. The van der Waals surface area contributed by atoms with Gasteiger partial charge < -0.3 is 4.98 Å². The van der Waals surface area contributed by atoms with Gasteiger partial charge in [-0.3, -0.25) is 4.72 Å². The summed E-state index contributed by atoms with van der Waals surface area (Å²) in [6, 6.07) is 12.9. The fourth-order valence-corrected chi connectivity index (χ4v) is 4.66. The molecule has 1 aliphatic carbocycles. The van der Waals surface area contributed by atoms with Gasteiger partial charge in [-0.15, -0.1) is 0 Å². The molecule has 2 N–H and O–H groups in total. The number of rotatable bonds is 4. The summed E-state index contributed by atoms with van der Waals surface area (Å²) < 4.78 is 28.2. The Balaban J connectivity index is 1.69. The highest BCUT2D eigenvalue weighted by Gasteiger charge is 2.19. The summed E-state index contributed by atoms with van der Waals surface area (Å²) >= 11 is 0. The minimum absolute atomic E-state index is 0.312. The van der Waals surface area contributed by atoms with Gasteiger partial charge in [0.1, 0.15) is 0 Å². The third kappa shape index (κ3) is 3.04. The zero-order chi connectivity index (χ0) is 17.4. The van der Waals surface area contributed by atoms with Gasteiger partial charge in [-0.2, -0.15) is 0 Å². The smallest absolute Gasteiger partial charge is 0.261 e. The van der Waals surface area contributed by atoms with E-state index in [4.69, 9.17) is 0 Å². The van der Waals surface area contributed by atoms with E-state index in [-0.39, 0.29) is 0 Å². The standard InChI is InChI=1S/C20H22N2O2S/c1-2-14-7-9-15(10-8-14)22-25(23,24)16-11-12-20-18(13-16)17-5-3-4-6-19(17)21-20/h7-13,21-22H,2-6H2,1H3. The average Bonchev–Trinajstić information content (AvgIpc) is 3.00. The Morgan fingerprint density at radius 2 is 1.80 bits per heavy atom. The maximum Gasteiger partial charge on any atom is 0.261 e. The molecule has 0 saturated carbocycles. The molecule has 0 atom stereocenters. The quantitative estimate of drug-likeness (QED) is 0.729. The molecule has 0 radical (unpaired) electrons. The SMILES string of the molecule is CCc1ccc(NS(=O)(=O)c2ccc3[nH]c4c(c3c2)CCCC4)cc1. The van der Waals surface area contributed by atoms with Gasteiger partial charge in [0, 0.05) is 22.3 Å². The average molecular weight is 354 g/mol. The van der Waals surface area contributed by atoms with Crippen molar-refractivity contribution in [2.24, 2.45) is 0 Å². The molecule has 2 aromatic carbocycles. The van der Waals surface area contributed by atoms with E-state index in [1.165, 1.54) is 29.7 Å².